The van der Waals surface area contributed by atoms with Gasteiger partial charge in [0.25, 0.3) is 0 Å². The monoisotopic (exact) mass is 901 g/mol. The molecule has 2 saturated heterocycles. The number of esters is 1. The highest BCUT2D eigenvalue weighted by Crippen LogP contribution is 2.65. The molecule has 3 aliphatic heterocycles. The predicted molar refractivity (Wildman–Crippen MR) is 236 cm³/mol. The van der Waals surface area contributed by atoms with E-state index in [9.17, 15) is 35.4 Å². The van der Waals surface area contributed by atoms with Crippen LogP contribution in [0.25, 0.3) is 11.0 Å². The SMILES string of the molecule is CCOC(=O)CCc1cc2ccoc2c2c1OC1OC3(CSSC4(CCC5(CCCC5)C4)C(CCC(C)CCCC3O)NCCO2)C2(O)CC3C=CC(O)C(CO)C3C1(O)C2O. The number of hydrogen-bond donors (Lipinski definition) is 7. The Balaban J connectivity index is 1.24. The van der Waals surface area contributed by atoms with Crippen LogP contribution in [0.4, 0.5) is 0 Å². The highest BCUT2D eigenvalue weighted by Gasteiger charge is 2.78. The maximum Gasteiger partial charge on any atom is 0.306 e. The molecule has 62 heavy (non-hydrogen) atoms. The molecule has 13 nitrogen and oxygen atoms in total. The van der Waals surface area contributed by atoms with Crippen LogP contribution in [-0.2, 0) is 20.7 Å². The fourth-order valence-corrected chi connectivity index (χ4v) is 17.1. The summed E-state index contributed by atoms with van der Waals surface area (Å²) in [5.74, 6) is -2.28. The molecule has 0 amide bonds. The molecule has 9 rings (SSSR count). The van der Waals surface area contributed by atoms with E-state index in [-0.39, 0.29) is 72.4 Å². The molecular formula is C47H67NO12S2. The highest BCUT2D eigenvalue weighted by molar-refractivity contribution is 8.77. The van der Waals surface area contributed by atoms with Crippen LogP contribution >= 0.6 is 21.6 Å². The number of carbonyl (C=O) groups excluding carboxylic acids is 1. The first-order valence-electron chi connectivity index (χ1n) is 23.3. The number of benzene rings is 1. The maximum absolute atomic E-state index is 13.4. The number of nitrogens with one attached hydrogen (secondary N) is 1. The van der Waals surface area contributed by atoms with Gasteiger partial charge in [-0.05, 0) is 106 Å². The zero-order chi connectivity index (χ0) is 43.5. The Hall–Kier alpha value is -2.05. The third kappa shape index (κ3) is 7.53. The molecule has 3 saturated carbocycles. The van der Waals surface area contributed by atoms with E-state index < -0.39 is 71.7 Å². The van der Waals surface area contributed by atoms with Gasteiger partial charge in [0, 0.05) is 53.3 Å². The number of carbonyl (C=O) groups is 1. The van der Waals surface area contributed by atoms with Gasteiger partial charge >= 0.3 is 5.97 Å². The third-order valence-electron chi connectivity index (χ3n) is 16.3. The molecule has 7 aliphatic rings. The number of hydrogen-bond acceptors (Lipinski definition) is 15. The number of fused-ring (bicyclic) bond motifs is 11. The minimum Gasteiger partial charge on any atom is -0.485 e. The van der Waals surface area contributed by atoms with E-state index >= 15 is 0 Å². The summed E-state index contributed by atoms with van der Waals surface area (Å²) in [6.45, 7) is 4.45. The molecule has 2 aromatic rings. The fourth-order valence-electron chi connectivity index (χ4n) is 13.1. The molecular weight excluding hydrogens is 835 g/mol. The first-order chi connectivity index (χ1) is 29.8. The van der Waals surface area contributed by atoms with Crippen LogP contribution in [0.3, 0.4) is 0 Å². The van der Waals surface area contributed by atoms with Gasteiger partial charge in [-0.3, -0.25) is 4.79 Å². The number of rotatable bonds is 5. The van der Waals surface area contributed by atoms with Crippen LogP contribution in [0.2, 0.25) is 0 Å². The Morgan fingerprint density at radius 1 is 1.02 bits per heavy atom. The van der Waals surface area contributed by atoms with E-state index in [1.807, 2.05) is 16.9 Å². The van der Waals surface area contributed by atoms with Gasteiger partial charge in [0.15, 0.2) is 16.9 Å². The zero-order valence-electron chi connectivity index (χ0n) is 36.2. The van der Waals surface area contributed by atoms with Gasteiger partial charge < -0.3 is 59.3 Å². The third-order valence-corrected chi connectivity index (χ3v) is 19.7. The second kappa shape index (κ2) is 17.6. The van der Waals surface area contributed by atoms with Gasteiger partial charge in [-0.1, -0.05) is 66.3 Å². The average molecular weight is 902 g/mol. The van der Waals surface area contributed by atoms with Crippen molar-refractivity contribution >= 4 is 38.5 Å². The smallest absolute Gasteiger partial charge is 0.306 e. The van der Waals surface area contributed by atoms with Crippen molar-refractivity contribution in [3.63, 3.8) is 0 Å². The molecule has 7 N–H and O–H groups in total. The first-order valence-corrected chi connectivity index (χ1v) is 25.6. The van der Waals surface area contributed by atoms with Gasteiger partial charge in [-0.2, -0.15) is 0 Å². The molecule has 1 aromatic carbocycles. The van der Waals surface area contributed by atoms with Crippen molar-refractivity contribution in [3.05, 3.63) is 36.1 Å². The molecule has 4 heterocycles. The van der Waals surface area contributed by atoms with Crippen LogP contribution in [0.5, 0.6) is 11.5 Å². The summed E-state index contributed by atoms with van der Waals surface area (Å²) in [6.07, 6.45) is 10.6. The molecule has 13 atom stereocenters. The number of ether oxygens (including phenoxy) is 4. The van der Waals surface area contributed by atoms with E-state index in [4.69, 9.17) is 23.4 Å². The molecule has 13 unspecified atom stereocenters. The van der Waals surface area contributed by atoms with Crippen LogP contribution in [0.1, 0.15) is 109 Å². The van der Waals surface area contributed by atoms with E-state index in [0.717, 1.165) is 38.5 Å². The second-order valence-corrected chi connectivity index (χ2v) is 22.6. The van der Waals surface area contributed by atoms with Crippen molar-refractivity contribution in [2.45, 2.75) is 162 Å². The topological polar surface area (TPSA) is 201 Å². The maximum atomic E-state index is 13.4. The lowest BCUT2D eigenvalue weighted by Gasteiger charge is -2.67. The van der Waals surface area contributed by atoms with Crippen LogP contribution < -0.4 is 14.8 Å². The van der Waals surface area contributed by atoms with Crippen molar-refractivity contribution in [2.24, 2.45) is 29.1 Å². The summed E-state index contributed by atoms with van der Waals surface area (Å²) in [7, 11) is 3.40. The van der Waals surface area contributed by atoms with Gasteiger partial charge in [0.2, 0.25) is 12.0 Å². The fraction of sp³-hybridized carbons (Fsp3) is 0.766. The summed E-state index contributed by atoms with van der Waals surface area (Å²) in [4.78, 5) is 12.9. The Morgan fingerprint density at radius 3 is 2.63 bits per heavy atom. The standard InChI is InChI=1S/C47H67NO12S2/c1-3-56-36(52)14-11-29-23-30-15-21-57-38(30)40-39(29)59-42-47(55)37-31(10-12-33(50)32(37)25-49)24-45(54,41(47)53)46(60-42)27-61-62-44(19-18-43(26-44)16-4-5-17-43)34(48-20-22-58-40)13-9-28(2)7-6-8-35(46)51/h10,12,15,21,23,28,31-35,37,41-42,48-51,53-55H,3-9,11,13-14,16-20,22,24-27H2,1-2H3. The molecule has 0 radical (unpaired) electrons. The largest absolute Gasteiger partial charge is 0.485 e. The number of aliphatic hydroxyl groups excluding tert-OH is 4. The summed E-state index contributed by atoms with van der Waals surface area (Å²) < 4.78 is 32.2. The quantitative estimate of drug-likeness (QED) is 0.111. The van der Waals surface area contributed by atoms with Crippen molar-refractivity contribution in [2.75, 3.05) is 32.1 Å². The summed E-state index contributed by atoms with van der Waals surface area (Å²) in [5.41, 5.74) is -5.32. The van der Waals surface area contributed by atoms with Gasteiger partial charge in [-0.25, -0.2) is 0 Å². The van der Waals surface area contributed by atoms with Crippen molar-refractivity contribution in [1.82, 2.24) is 5.32 Å². The molecule has 1 aromatic heterocycles. The van der Waals surface area contributed by atoms with Crippen molar-refractivity contribution in [1.29, 1.82) is 0 Å². The van der Waals surface area contributed by atoms with Crippen LogP contribution in [0.15, 0.2) is 35.0 Å². The summed E-state index contributed by atoms with van der Waals surface area (Å²) in [5, 5.41) is 79.3. The van der Waals surface area contributed by atoms with Crippen molar-refractivity contribution < 1.29 is 58.8 Å². The summed E-state index contributed by atoms with van der Waals surface area (Å²) >= 11 is 0. The van der Waals surface area contributed by atoms with Crippen molar-refractivity contribution in [3.8, 4) is 11.5 Å². The van der Waals surface area contributed by atoms with Crippen LogP contribution in [-0.4, -0.2) is 121 Å². The lowest BCUT2D eigenvalue weighted by Crippen LogP contribution is -2.86. The van der Waals surface area contributed by atoms with Gasteiger partial charge in [0.05, 0.1) is 25.1 Å². The predicted octanol–water partition coefficient (Wildman–Crippen LogP) is 5.58. The van der Waals surface area contributed by atoms with E-state index in [0.29, 0.717) is 35.4 Å². The minimum absolute atomic E-state index is 0.00118. The molecule has 3 spiro atoms. The number of aliphatic hydroxyl groups is 6. The van der Waals surface area contributed by atoms with Crippen LogP contribution in [0, 0.1) is 29.1 Å². The van der Waals surface area contributed by atoms with Gasteiger partial charge in [0.1, 0.15) is 23.9 Å². The summed E-state index contributed by atoms with van der Waals surface area (Å²) in [6, 6.07) is 3.77. The lowest BCUT2D eigenvalue weighted by molar-refractivity contribution is -0.424. The number of furan rings is 1. The Bertz CT molecular complexity index is 1960. The normalized spacial score (nSPS) is 42.0. The Morgan fingerprint density at radius 2 is 1.84 bits per heavy atom. The molecule has 5 fully saturated rings. The number of allylic oxidation sites excluding steroid dienone is 1. The lowest BCUT2D eigenvalue weighted by atomic mass is 9.50. The van der Waals surface area contributed by atoms with E-state index in [1.54, 1.807) is 42.2 Å². The van der Waals surface area contributed by atoms with E-state index in [1.165, 1.54) is 25.7 Å². The highest BCUT2D eigenvalue weighted by atomic mass is 33.1. The second-order valence-electron chi connectivity index (χ2n) is 19.9. The molecule has 344 valence electrons. The zero-order valence-corrected chi connectivity index (χ0v) is 37.8. The Labute approximate surface area is 372 Å². The average Bonchev–Trinajstić information content (AvgIpc) is 4.01. The number of aryl methyl sites for hydroxylation is 1. The molecule has 15 heteroatoms. The molecule has 5 bridgehead atoms. The van der Waals surface area contributed by atoms with Gasteiger partial charge in [-0.15, -0.1) is 0 Å². The first kappa shape index (κ1) is 45.1. The minimum atomic E-state index is -2.44. The van der Waals surface area contributed by atoms with E-state index in [2.05, 4.69) is 12.2 Å². The Kier molecular flexibility index (Phi) is 12.8. The molecule has 4 aliphatic carbocycles.